The quantitative estimate of drug-likeness (QED) is 0.900. The lowest BCUT2D eigenvalue weighted by atomic mass is 9.91. The molecule has 3 fully saturated rings. The third kappa shape index (κ3) is 2.41. The minimum Gasteiger partial charge on any atom is -0.365 e. The molecule has 3 atom stereocenters. The Bertz CT molecular complexity index is 456. The van der Waals surface area contributed by atoms with Gasteiger partial charge in [0.1, 0.15) is 11.9 Å². The molecule has 1 aromatic rings. The lowest BCUT2D eigenvalue weighted by molar-refractivity contribution is -0.0109. The van der Waals surface area contributed by atoms with Crippen LogP contribution in [0.3, 0.4) is 0 Å². The van der Waals surface area contributed by atoms with Gasteiger partial charge in [-0.3, -0.25) is 5.10 Å². The monoisotopic (exact) mass is 262 g/mol. The van der Waals surface area contributed by atoms with Crippen molar-refractivity contribution in [2.24, 2.45) is 11.8 Å². The Morgan fingerprint density at radius 3 is 3.00 bits per heavy atom. The molecule has 3 heterocycles. The average molecular weight is 262 g/mol. The molecule has 104 valence electrons. The zero-order valence-corrected chi connectivity index (χ0v) is 11.5. The van der Waals surface area contributed by atoms with E-state index < -0.39 is 0 Å². The van der Waals surface area contributed by atoms with Gasteiger partial charge in [-0.05, 0) is 51.0 Å². The summed E-state index contributed by atoms with van der Waals surface area (Å²) in [4.78, 5) is 7.02. The highest BCUT2D eigenvalue weighted by atomic mass is 16.5. The van der Waals surface area contributed by atoms with Gasteiger partial charge in [0.15, 0.2) is 5.82 Å². The number of aromatic nitrogens is 3. The molecule has 0 bridgehead atoms. The summed E-state index contributed by atoms with van der Waals surface area (Å²) >= 11 is 0. The van der Waals surface area contributed by atoms with E-state index in [4.69, 9.17) is 4.74 Å². The normalized spacial score (nSPS) is 35.5. The van der Waals surface area contributed by atoms with Gasteiger partial charge in [0.2, 0.25) is 0 Å². The van der Waals surface area contributed by atoms with Crippen LogP contribution in [0.5, 0.6) is 0 Å². The van der Waals surface area contributed by atoms with E-state index in [-0.39, 0.29) is 6.10 Å². The molecular formula is C14H22N4O. The SMILES string of the molecule is Cc1nc([C@H]2C[C@@H]3CCN(CC4CC4)C[C@H]3O2)n[nH]1. The molecule has 0 spiro atoms. The van der Waals surface area contributed by atoms with Crippen LogP contribution in [0, 0.1) is 18.8 Å². The van der Waals surface area contributed by atoms with Crippen LogP contribution in [-0.2, 0) is 4.74 Å². The van der Waals surface area contributed by atoms with E-state index >= 15 is 0 Å². The minimum atomic E-state index is 0.112. The third-order valence-electron chi connectivity index (χ3n) is 4.75. The van der Waals surface area contributed by atoms with Gasteiger partial charge in [0.05, 0.1) is 6.10 Å². The number of aromatic amines is 1. The fourth-order valence-electron chi connectivity index (χ4n) is 3.50. The third-order valence-corrected chi connectivity index (χ3v) is 4.75. The van der Waals surface area contributed by atoms with Gasteiger partial charge >= 0.3 is 0 Å². The smallest absolute Gasteiger partial charge is 0.179 e. The van der Waals surface area contributed by atoms with Crippen LogP contribution in [0.2, 0.25) is 0 Å². The molecule has 2 saturated heterocycles. The van der Waals surface area contributed by atoms with Crippen LogP contribution in [0.4, 0.5) is 0 Å². The highest BCUT2D eigenvalue weighted by Crippen LogP contribution is 2.40. The van der Waals surface area contributed by atoms with Gasteiger partial charge in [0, 0.05) is 13.1 Å². The fourth-order valence-corrected chi connectivity index (χ4v) is 3.50. The number of fused-ring (bicyclic) bond motifs is 1. The molecule has 0 amide bonds. The summed E-state index contributed by atoms with van der Waals surface area (Å²) in [6.07, 6.45) is 5.75. The fraction of sp³-hybridized carbons (Fsp3) is 0.857. The van der Waals surface area contributed by atoms with Gasteiger partial charge in [0.25, 0.3) is 0 Å². The molecule has 19 heavy (non-hydrogen) atoms. The first-order chi connectivity index (χ1) is 9.28. The van der Waals surface area contributed by atoms with E-state index in [2.05, 4.69) is 20.1 Å². The minimum absolute atomic E-state index is 0.112. The number of hydrogen-bond donors (Lipinski definition) is 1. The van der Waals surface area contributed by atoms with Crippen molar-refractivity contribution in [3.63, 3.8) is 0 Å². The molecule has 3 aliphatic rings. The Labute approximate surface area is 113 Å². The van der Waals surface area contributed by atoms with Crippen LogP contribution in [0.1, 0.15) is 43.4 Å². The van der Waals surface area contributed by atoms with Gasteiger partial charge in [-0.25, -0.2) is 4.98 Å². The molecule has 5 heteroatoms. The van der Waals surface area contributed by atoms with Crippen molar-refractivity contribution in [1.29, 1.82) is 0 Å². The maximum absolute atomic E-state index is 6.21. The Morgan fingerprint density at radius 2 is 2.26 bits per heavy atom. The maximum atomic E-state index is 6.21. The predicted molar refractivity (Wildman–Crippen MR) is 70.6 cm³/mol. The Kier molecular flexibility index (Phi) is 2.84. The predicted octanol–water partition coefficient (Wildman–Crippen LogP) is 1.68. The standard InChI is InChI=1S/C14H22N4O/c1-9-15-14(17-16-9)12-6-11-4-5-18(7-10-2-3-10)8-13(11)19-12/h10-13H,2-8H2,1H3,(H,15,16,17)/t11-,12+,13+/m0/s1. The van der Waals surface area contributed by atoms with Gasteiger partial charge in [-0.15, -0.1) is 0 Å². The number of rotatable bonds is 3. The summed E-state index contributed by atoms with van der Waals surface area (Å²) in [7, 11) is 0. The largest absolute Gasteiger partial charge is 0.365 e. The molecule has 1 saturated carbocycles. The van der Waals surface area contributed by atoms with E-state index in [0.717, 1.165) is 30.5 Å². The van der Waals surface area contributed by atoms with E-state index in [1.165, 1.54) is 32.4 Å². The van der Waals surface area contributed by atoms with Crippen LogP contribution >= 0.6 is 0 Å². The van der Waals surface area contributed by atoms with E-state index in [0.29, 0.717) is 12.0 Å². The Morgan fingerprint density at radius 1 is 1.37 bits per heavy atom. The first-order valence-electron chi connectivity index (χ1n) is 7.54. The maximum Gasteiger partial charge on any atom is 0.179 e. The van der Waals surface area contributed by atoms with Gasteiger partial charge in [-0.1, -0.05) is 0 Å². The van der Waals surface area contributed by atoms with E-state index in [1.807, 2.05) is 6.92 Å². The molecule has 5 nitrogen and oxygen atoms in total. The second-order valence-corrected chi connectivity index (χ2v) is 6.43. The zero-order chi connectivity index (χ0) is 12.8. The molecule has 1 aliphatic carbocycles. The van der Waals surface area contributed by atoms with Crippen molar-refractivity contribution in [3.05, 3.63) is 11.6 Å². The molecule has 0 unspecified atom stereocenters. The summed E-state index contributed by atoms with van der Waals surface area (Å²) < 4.78 is 6.21. The molecule has 0 aromatic carbocycles. The first kappa shape index (κ1) is 11.9. The summed E-state index contributed by atoms with van der Waals surface area (Å²) in [6.45, 7) is 5.59. The van der Waals surface area contributed by atoms with Crippen molar-refractivity contribution in [2.75, 3.05) is 19.6 Å². The molecule has 2 aliphatic heterocycles. The highest BCUT2D eigenvalue weighted by Gasteiger charge is 2.41. The lowest BCUT2D eigenvalue weighted by Gasteiger charge is -2.34. The number of ether oxygens (including phenoxy) is 1. The second kappa shape index (κ2) is 4.56. The summed E-state index contributed by atoms with van der Waals surface area (Å²) in [5.41, 5.74) is 0. The Balaban J connectivity index is 1.40. The first-order valence-corrected chi connectivity index (χ1v) is 7.54. The molecular weight excluding hydrogens is 240 g/mol. The van der Waals surface area contributed by atoms with E-state index in [9.17, 15) is 0 Å². The number of aryl methyl sites for hydroxylation is 1. The molecule has 4 rings (SSSR count). The van der Waals surface area contributed by atoms with Crippen molar-refractivity contribution in [3.8, 4) is 0 Å². The summed E-state index contributed by atoms with van der Waals surface area (Å²) in [5, 5.41) is 7.18. The number of piperidine rings is 1. The topological polar surface area (TPSA) is 54.0 Å². The summed E-state index contributed by atoms with van der Waals surface area (Å²) in [6, 6.07) is 0. The number of hydrogen-bond acceptors (Lipinski definition) is 4. The highest BCUT2D eigenvalue weighted by molar-refractivity contribution is 4.99. The van der Waals surface area contributed by atoms with Gasteiger partial charge in [-0.2, -0.15) is 5.10 Å². The lowest BCUT2D eigenvalue weighted by Crippen LogP contribution is -2.43. The van der Waals surface area contributed by atoms with Gasteiger partial charge < -0.3 is 9.64 Å². The Hall–Kier alpha value is -0.940. The summed E-state index contributed by atoms with van der Waals surface area (Å²) in [5.74, 6) is 3.41. The number of nitrogens with one attached hydrogen (secondary N) is 1. The van der Waals surface area contributed by atoms with Crippen molar-refractivity contribution < 1.29 is 4.74 Å². The zero-order valence-electron chi connectivity index (χ0n) is 11.5. The van der Waals surface area contributed by atoms with Crippen LogP contribution in [0.15, 0.2) is 0 Å². The number of likely N-dealkylation sites (tertiary alicyclic amines) is 1. The molecule has 1 N–H and O–H groups in total. The van der Waals surface area contributed by atoms with Crippen molar-refractivity contribution in [2.45, 2.75) is 44.8 Å². The molecule has 0 radical (unpaired) electrons. The number of nitrogens with zero attached hydrogens (tertiary/aromatic N) is 3. The van der Waals surface area contributed by atoms with E-state index in [1.54, 1.807) is 0 Å². The number of H-pyrrole nitrogens is 1. The van der Waals surface area contributed by atoms with Crippen LogP contribution in [0.25, 0.3) is 0 Å². The average Bonchev–Trinajstić information content (AvgIpc) is 2.94. The molecule has 1 aromatic heterocycles. The van der Waals surface area contributed by atoms with Crippen molar-refractivity contribution in [1.82, 2.24) is 20.1 Å². The van der Waals surface area contributed by atoms with Crippen LogP contribution < -0.4 is 0 Å². The van der Waals surface area contributed by atoms with Crippen LogP contribution in [-0.4, -0.2) is 45.8 Å². The second-order valence-electron chi connectivity index (χ2n) is 6.43. The van der Waals surface area contributed by atoms with Crippen molar-refractivity contribution >= 4 is 0 Å².